The summed E-state index contributed by atoms with van der Waals surface area (Å²) in [7, 11) is -0.500. The summed E-state index contributed by atoms with van der Waals surface area (Å²) < 4.78 is 25.3. The second-order valence-corrected chi connectivity index (χ2v) is 6.76. The minimum Gasteiger partial charge on any atom is -0.313 e. The van der Waals surface area contributed by atoms with Crippen LogP contribution in [0.2, 0.25) is 5.02 Å². The summed E-state index contributed by atoms with van der Waals surface area (Å²) in [5, 5.41) is 3.48. The lowest BCUT2D eigenvalue weighted by atomic mass is 10.2. The van der Waals surface area contributed by atoms with E-state index < -0.39 is 10.0 Å². The molecule has 1 aromatic carbocycles. The van der Waals surface area contributed by atoms with Crippen LogP contribution >= 0.6 is 11.6 Å². The first-order valence-electron chi connectivity index (χ1n) is 5.81. The summed E-state index contributed by atoms with van der Waals surface area (Å²) in [5.74, 6) is 0. The van der Waals surface area contributed by atoms with Gasteiger partial charge < -0.3 is 5.32 Å². The molecule has 102 valence electrons. The van der Waals surface area contributed by atoms with Crippen LogP contribution in [0.5, 0.6) is 0 Å². The Balaban J connectivity index is 3.02. The van der Waals surface area contributed by atoms with Crippen molar-refractivity contribution in [3.63, 3.8) is 0 Å². The Kier molecular flexibility index (Phi) is 5.59. The van der Waals surface area contributed by atoms with Gasteiger partial charge in [-0.1, -0.05) is 24.6 Å². The standard InChI is InChI=1S/C12H19ClN2O2S/c1-4-7-14-9-10-5-6-11(13)12(8-10)18(16,17)15(2)3/h5-6,8,14H,4,7,9H2,1-3H3. The monoisotopic (exact) mass is 290 g/mol. The first-order valence-corrected chi connectivity index (χ1v) is 7.63. The van der Waals surface area contributed by atoms with Crippen LogP contribution in [0.4, 0.5) is 0 Å². The molecule has 0 fully saturated rings. The minimum absolute atomic E-state index is 0.157. The first-order chi connectivity index (χ1) is 8.39. The zero-order valence-electron chi connectivity index (χ0n) is 10.9. The summed E-state index contributed by atoms with van der Waals surface area (Å²) >= 11 is 5.96. The third kappa shape index (κ3) is 3.68. The third-order valence-corrected chi connectivity index (χ3v) is 4.81. The second kappa shape index (κ2) is 6.52. The van der Waals surface area contributed by atoms with Gasteiger partial charge in [-0.2, -0.15) is 0 Å². The molecule has 18 heavy (non-hydrogen) atoms. The predicted octanol–water partition coefficient (Wildman–Crippen LogP) is 2.09. The van der Waals surface area contributed by atoms with E-state index in [4.69, 9.17) is 11.6 Å². The topological polar surface area (TPSA) is 49.4 Å². The summed E-state index contributed by atoms with van der Waals surface area (Å²) in [6, 6.07) is 5.08. The van der Waals surface area contributed by atoms with E-state index in [1.807, 2.05) is 6.07 Å². The Morgan fingerprint density at radius 3 is 2.56 bits per heavy atom. The molecule has 0 aliphatic carbocycles. The number of hydrogen-bond acceptors (Lipinski definition) is 3. The van der Waals surface area contributed by atoms with E-state index in [1.165, 1.54) is 14.1 Å². The van der Waals surface area contributed by atoms with Crippen LogP contribution in [0.1, 0.15) is 18.9 Å². The molecule has 0 saturated heterocycles. The molecule has 0 saturated carbocycles. The predicted molar refractivity (Wildman–Crippen MR) is 74.3 cm³/mol. The summed E-state index contributed by atoms with van der Waals surface area (Å²) in [5.41, 5.74) is 0.910. The van der Waals surface area contributed by atoms with Gasteiger partial charge in [-0.15, -0.1) is 0 Å². The highest BCUT2D eigenvalue weighted by Crippen LogP contribution is 2.24. The second-order valence-electron chi connectivity index (χ2n) is 4.23. The maximum atomic E-state index is 12.1. The molecule has 0 bridgehead atoms. The van der Waals surface area contributed by atoms with Crippen molar-refractivity contribution in [2.24, 2.45) is 0 Å². The van der Waals surface area contributed by atoms with Crippen molar-refractivity contribution < 1.29 is 8.42 Å². The van der Waals surface area contributed by atoms with E-state index >= 15 is 0 Å². The van der Waals surface area contributed by atoms with Crippen molar-refractivity contribution in [1.82, 2.24) is 9.62 Å². The van der Waals surface area contributed by atoms with Crippen LogP contribution in [0.15, 0.2) is 23.1 Å². The zero-order valence-corrected chi connectivity index (χ0v) is 12.5. The molecule has 0 aromatic heterocycles. The smallest absolute Gasteiger partial charge is 0.244 e. The van der Waals surface area contributed by atoms with Crippen LogP contribution in [-0.2, 0) is 16.6 Å². The van der Waals surface area contributed by atoms with Gasteiger partial charge in [-0.05, 0) is 30.7 Å². The third-order valence-electron chi connectivity index (χ3n) is 2.51. The average molecular weight is 291 g/mol. The first kappa shape index (κ1) is 15.4. The zero-order chi connectivity index (χ0) is 13.8. The summed E-state index contributed by atoms with van der Waals surface area (Å²) in [6.07, 6.45) is 1.04. The van der Waals surface area contributed by atoms with Crippen molar-refractivity contribution in [1.29, 1.82) is 0 Å². The number of nitrogens with zero attached hydrogens (tertiary/aromatic N) is 1. The number of halogens is 1. The minimum atomic E-state index is -3.49. The Bertz CT molecular complexity index is 501. The maximum absolute atomic E-state index is 12.1. The SMILES string of the molecule is CCCNCc1ccc(Cl)c(S(=O)(=O)N(C)C)c1. The quantitative estimate of drug-likeness (QED) is 0.816. The van der Waals surface area contributed by atoms with E-state index in [2.05, 4.69) is 12.2 Å². The fourth-order valence-corrected chi connectivity index (χ4v) is 2.88. The molecule has 1 rings (SSSR count). The van der Waals surface area contributed by atoms with E-state index in [9.17, 15) is 8.42 Å². The molecule has 6 heteroatoms. The van der Waals surface area contributed by atoms with E-state index in [1.54, 1.807) is 12.1 Å². The Morgan fingerprint density at radius 2 is 2.00 bits per heavy atom. The van der Waals surface area contributed by atoms with Gasteiger partial charge >= 0.3 is 0 Å². The highest BCUT2D eigenvalue weighted by molar-refractivity contribution is 7.89. The molecule has 0 amide bonds. The van der Waals surface area contributed by atoms with E-state index in [-0.39, 0.29) is 9.92 Å². The Morgan fingerprint density at radius 1 is 1.33 bits per heavy atom. The van der Waals surface area contributed by atoms with Crippen molar-refractivity contribution in [2.45, 2.75) is 24.8 Å². The Labute approximate surface area is 114 Å². The molecule has 0 heterocycles. The van der Waals surface area contributed by atoms with E-state index in [0.717, 1.165) is 22.8 Å². The largest absolute Gasteiger partial charge is 0.313 e. The molecule has 0 atom stereocenters. The van der Waals surface area contributed by atoms with Gasteiger partial charge in [-0.3, -0.25) is 0 Å². The lowest BCUT2D eigenvalue weighted by molar-refractivity contribution is 0.520. The molecule has 0 spiro atoms. The van der Waals surface area contributed by atoms with Crippen molar-refractivity contribution in [2.75, 3.05) is 20.6 Å². The van der Waals surface area contributed by atoms with Crippen LogP contribution in [-0.4, -0.2) is 33.4 Å². The normalized spacial score (nSPS) is 12.1. The number of sulfonamides is 1. The molecule has 0 unspecified atom stereocenters. The summed E-state index contributed by atoms with van der Waals surface area (Å²) in [6.45, 7) is 3.62. The molecule has 1 aromatic rings. The van der Waals surface area contributed by atoms with Gasteiger partial charge in [0.2, 0.25) is 10.0 Å². The number of benzene rings is 1. The summed E-state index contributed by atoms with van der Waals surface area (Å²) in [4.78, 5) is 0.157. The highest BCUT2D eigenvalue weighted by Gasteiger charge is 2.20. The van der Waals surface area contributed by atoms with Gasteiger partial charge in [-0.25, -0.2) is 12.7 Å². The van der Waals surface area contributed by atoms with Crippen molar-refractivity contribution >= 4 is 21.6 Å². The maximum Gasteiger partial charge on any atom is 0.244 e. The molecular formula is C12H19ClN2O2S. The average Bonchev–Trinajstić information content (AvgIpc) is 2.31. The van der Waals surface area contributed by atoms with Gasteiger partial charge in [0.25, 0.3) is 0 Å². The number of rotatable bonds is 6. The fourth-order valence-electron chi connectivity index (χ4n) is 1.46. The lowest BCUT2D eigenvalue weighted by Crippen LogP contribution is -2.23. The van der Waals surface area contributed by atoms with E-state index in [0.29, 0.717) is 6.54 Å². The van der Waals surface area contributed by atoms with Gasteiger partial charge in [0.05, 0.1) is 5.02 Å². The molecule has 0 aliphatic rings. The van der Waals surface area contributed by atoms with Crippen molar-refractivity contribution in [3.8, 4) is 0 Å². The number of hydrogen-bond donors (Lipinski definition) is 1. The fraction of sp³-hybridized carbons (Fsp3) is 0.500. The number of nitrogens with one attached hydrogen (secondary N) is 1. The van der Waals surface area contributed by atoms with Crippen LogP contribution < -0.4 is 5.32 Å². The van der Waals surface area contributed by atoms with Crippen LogP contribution in [0.3, 0.4) is 0 Å². The van der Waals surface area contributed by atoms with Gasteiger partial charge in [0.15, 0.2) is 0 Å². The van der Waals surface area contributed by atoms with Crippen molar-refractivity contribution in [3.05, 3.63) is 28.8 Å². The van der Waals surface area contributed by atoms with Gasteiger partial charge in [0, 0.05) is 20.6 Å². The molecule has 1 N–H and O–H groups in total. The van der Waals surface area contributed by atoms with Crippen LogP contribution in [0, 0.1) is 0 Å². The Hall–Kier alpha value is -0.620. The van der Waals surface area contributed by atoms with Gasteiger partial charge in [0.1, 0.15) is 4.90 Å². The highest BCUT2D eigenvalue weighted by atomic mass is 35.5. The molecular weight excluding hydrogens is 272 g/mol. The molecule has 0 aliphatic heterocycles. The lowest BCUT2D eigenvalue weighted by Gasteiger charge is -2.14. The van der Waals surface area contributed by atoms with Crippen LogP contribution in [0.25, 0.3) is 0 Å². The molecule has 0 radical (unpaired) electrons. The molecule has 4 nitrogen and oxygen atoms in total.